The topological polar surface area (TPSA) is 45.1 Å². The van der Waals surface area contributed by atoms with Crippen molar-refractivity contribution in [1.82, 2.24) is 10.3 Å². The maximum Gasteiger partial charge on any atom is 0.417 e. The number of alkyl halides is 3. The molecule has 0 amide bonds. The van der Waals surface area contributed by atoms with Crippen LogP contribution in [0.15, 0.2) is 23.4 Å². The summed E-state index contributed by atoms with van der Waals surface area (Å²) in [4.78, 5) is 3.87. The van der Waals surface area contributed by atoms with Crippen LogP contribution in [0.1, 0.15) is 24.8 Å². The monoisotopic (exact) mass is 306 g/mol. The zero-order valence-electron chi connectivity index (χ0n) is 11.1. The molecule has 7 heteroatoms. The number of hydrogen-bond donors (Lipinski definition) is 2. The summed E-state index contributed by atoms with van der Waals surface area (Å²) in [5.41, 5.74) is -0.989. The summed E-state index contributed by atoms with van der Waals surface area (Å²) in [6.45, 7) is 0.0704. The van der Waals surface area contributed by atoms with Gasteiger partial charge in [0, 0.05) is 17.0 Å². The number of pyridine rings is 1. The van der Waals surface area contributed by atoms with Gasteiger partial charge in [0.25, 0.3) is 0 Å². The summed E-state index contributed by atoms with van der Waals surface area (Å²) in [5.74, 6) is 0. The molecule has 2 atom stereocenters. The van der Waals surface area contributed by atoms with Crippen molar-refractivity contribution in [3.05, 3.63) is 23.9 Å². The van der Waals surface area contributed by atoms with Crippen molar-refractivity contribution in [1.29, 1.82) is 0 Å². The van der Waals surface area contributed by atoms with Crippen LogP contribution in [0.2, 0.25) is 0 Å². The van der Waals surface area contributed by atoms with Crippen molar-refractivity contribution in [2.45, 2.75) is 41.3 Å². The van der Waals surface area contributed by atoms with Crippen molar-refractivity contribution in [3.63, 3.8) is 0 Å². The first kappa shape index (κ1) is 15.6. The molecule has 1 aromatic heterocycles. The molecule has 0 aromatic carbocycles. The second kappa shape index (κ2) is 5.91. The van der Waals surface area contributed by atoms with E-state index in [2.05, 4.69) is 10.3 Å². The van der Waals surface area contributed by atoms with E-state index in [1.807, 2.05) is 7.05 Å². The summed E-state index contributed by atoms with van der Waals surface area (Å²) in [7, 11) is 1.82. The highest BCUT2D eigenvalue weighted by Gasteiger charge is 2.38. The summed E-state index contributed by atoms with van der Waals surface area (Å²) in [5, 5.41) is 13.4. The molecule has 3 nitrogen and oxygen atoms in total. The van der Waals surface area contributed by atoms with E-state index in [1.165, 1.54) is 17.8 Å². The fraction of sp³-hybridized carbons (Fsp3) is 0.615. The zero-order chi connectivity index (χ0) is 14.8. The Bertz CT molecular complexity index is 446. The summed E-state index contributed by atoms with van der Waals surface area (Å²) < 4.78 is 37.3. The number of likely N-dealkylation sites (N-methyl/N-ethyl adjacent to an activating group) is 1. The first-order chi connectivity index (χ1) is 9.38. The van der Waals surface area contributed by atoms with Gasteiger partial charge in [-0.15, -0.1) is 11.8 Å². The van der Waals surface area contributed by atoms with E-state index in [0.29, 0.717) is 5.03 Å². The highest BCUT2D eigenvalue weighted by Crippen LogP contribution is 2.39. The largest absolute Gasteiger partial charge is 0.417 e. The van der Waals surface area contributed by atoms with E-state index in [9.17, 15) is 18.3 Å². The molecule has 1 aliphatic carbocycles. The summed E-state index contributed by atoms with van der Waals surface area (Å²) in [6.07, 6.45) is -0.920. The molecule has 1 fully saturated rings. The molecule has 1 heterocycles. The van der Waals surface area contributed by atoms with Crippen LogP contribution in [-0.2, 0) is 6.18 Å². The maximum atomic E-state index is 12.4. The van der Waals surface area contributed by atoms with Crippen LogP contribution in [0.5, 0.6) is 0 Å². The highest BCUT2D eigenvalue weighted by molar-refractivity contribution is 7.99. The minimum atomic E-state index is -4.35. The van der Waals surface area contributed by atoms with Gasteiger partial charge in [0.2, 0.25) is 0 Å². The van der Waals surface area contributed by atoms with E-state index in [4.69, 9.17) is 0 Å². The zero-order valence-corrected chi connectivity index (χ0v) is 11.9. The van der Waals surface area contributed by atoms with Crippen LogP contribution in [0, 0.1) is 0 Å². The van der Waals surface area contributed by atoms with Crippen LogP contribution < -0.4 is 5.32 Å². The molecular weight excluding hydrogens is 289 g/mol. The van der Waals surface area contributed by atoms with Crippen LogP contribution in [0.3, 0.4) is 0 Å². The van der Waals surface area contributed by atoms with Crippen molar-refractivity contribution in [2.75, 3.05) is 13.7 Å². The molecule has 2 N–H and O–H groups in total. The van der Waals surface area contributed by atoms with E-state index >= 15 is 0 Å². The molecule has 1 aliphatic rings. The van der Waals surface area contributed by atoms with E-state index < -0.39 is 11.7 Å². The van der Waals surface area contributed by atoms with E-state index in [-0.39, 0.29) is 17.4 Å². The summed E-state index contributed by atoms with van der Waals surface area (Å²) in [6, 6.07) is 2.47. The van der Waals surface area contributed by atoms with E-state index in [0.717, 1.165) is 31.5 Å². The fourth-order valence-electron chi connectivity index (χ4n) is 2.42. The third-order valence-corrected chi connectivity index (χ3v) is 4.97. The molecule has 20 heavy (non-hydrogen) atoms. The average molecular weight is 306 g/mol. The van der Waals surface area contributed by atoms with Crippen LogP contribution in [0.25, 0.3) is 0 Å². The number of nitrogens with zero attached hydrogens (tertiary/aromatic N) is 1. The normalized spacial score (nSPS) is 26.9. The molecule has 1 aromatic rings. The lowest BCUT2D eigenvalue weighted by molar-refractivity contribution is -0.137. The number of aromatic nitrogens is 1. The predicted molar refractivity (Wildman–Crippen MR) is 71.6 cm³/mol. The molecule has 0 saturated heterocycles. The fourth-order valence-corrected chi connectivity index (χ4v) is 3.66. The maximum absolute atomic E-state index is 12.4. The predicted octanol–water partition coefficient (Wildman–Crippen LogP) is 2.70. The Morgan fingerprint density at radius 3 is 2.70 bits per heavy atom. The van der Waals surface area contributed by atoms with Crippen LogP contribution in [-0.4, -0.2) is 34.5 Å². The number of aliphatic hydroxyl groups excluding tert-OH is 1. The van der Waals surface area contributed by atoms with Crippen LogP contribution >= 0.6 is 11.8 Å². The smallest absolute Gasteiger partial charge is 0.394 e. The van der Waals surface area contributed by atoms with Gasteiger partial charge in [-0.1, -0.05) is 0 Å². The minimum Gasteiger partial charge on any atom is -0.394 e. The summed E-state index contributed by atoms with van der Waals surface area (Å²) >= 11 is 1.47. The van der Waals surface area contributed by atoms with Gasteiger partial charge in [0.1, 0.15) is 0 Å². The van der Waals surface area contributed by atoms with Gasteiger partial charge in [-0.3, -0.25) is 0 Å². The molecule has 0 radical (unpaired) electrons. The molecule has 0 bridgehead atoms. The van der Waals surface area contributed by atoms with E-state index in [1.54, 1.807) is 0 Å². The number of nitrogens with one attached hydrogen (secondary N) is 1. The highest BCUT2D eigenvalue weighted by atomic mass is 32.2. The van der Waals surface area contributed by atoms with Crippen molar-refractivity contribution >= 4 is 11.8 Å². The number of halogens is 3. The van der Waals surface area contributed by atoms with Gasteiger partial charge in [0.15, 0.2) is 0 Å². The quantitative estimate of drug-likeness (QED) is 0.898. The SMILES string of the molecule is CNC1(CO)CCC(Sc2ccc(C(F)(F)F)cn2)C1. The first-order valence-corrected chi connectivity index (χ1v) is 7.26. The van der Waals surface area contributed by atoms with Gasteiger partial charge >= 0.3 is 6.18 Å². The Hall–Kier alpha value is -0.790. The second-order valence-electron chi connectivity index (χ2n) is 5.05. The lowest BCUT2D eigenvalue weighted by Crippen LogP contribution is -2.44. The second-order valence-corrected chi connectivity index (χ2v) is 6.37. The van der Waals surface area contributed by atoms with Gasteiger partial charge in [-0.2, -0.15) is 13.2 Å². The minimum absolute atomic E-state index is 0.0704. The molecule has 112 valence electrons. The van der Waals surface area contributed by atoms with Gasteiger partial charge in [-0.05, 0) is 38.4 Å². The molecule has 1 saturated carbocycles. The lowest BCUT2D eigenvalue weighted by Gasteiger charge is -2.26. The van der Waals surface area contributed by atoms with Gasteiger partial charge < -0.3 is 10.4 Å². The number of aliphatic hydroxyl groups is 1. The number of hydrogen-bond acceptors (Lipinski definition) is 4. The van der Waals surface area contributed by atoms with Crippen LogP contribution in [0.4, 0.5) is 13.2 Å². The molecule has 2 unspecified atom stereocenters. The average Bonchev–Trinajstić information content (AvgIpc) is 2.82. The van der Waals surface area contributed by atoms with Gasteiger partial charge in [-0.25, -0.2) is 4.98 Å². The van der Waals surface area contributed by atoms with Crippen molar-refractivity contribution < 1.29 is 18.3 Å². The molecule has 2 rings (SSSR count). The standard InChI is InChI=1S/C13H17F3N2OS/c1-17-12(8-19)5-4-10(6-12)20-11-3-2-9(7-18-11)13(14,15)16/h2-3,7,10,17,19H,4-6,8H2,1H3. The first-order valence-electron chi connectivity index (χ1n) is 6.38. The Labute approximate surface area is 120 Å². The lowest BCUT2D eigenvalue weighted by atomic mass is 10.00. The molecular formula is C13H17F3N2OS. The Morgan fingerprint density at radius 1 is 1.50 bits per heavy atom. The Kier molecular flexibility index (Phi) is 4.61. The number of rotatable bonds is 4. The Morgan fingerprint density at radius 2 is 2.25 bits per heavy atom. The third kappa shape index (κ3) is 3.45. The van der Waals surface area contributed by atoms with Crippen molar-refractivity contribution in [3.8, 4) is 0 Å². The Balaban J connectivity index is 1.98. The molecule has 0 aliphatic heterocycles. The van der Waals surface area contributed by atoms with Crippen molar-refractivity contribution in [2.24, 2.45) is 0 Å². The van der Waals surface area contributed by atoms with Gasteiger partial charge in [0.05, 0.1) is 17.2 Å². The molecule has 0 spiro atoms. The third-order valence-electron chi connectivity index (χ3n) is 3.75. The number of thioether (sulfide) groups is 1.